The molecule has 1 N–H and O–H groups in total. The Balaban J connectivity index is 1.37. The van der Waals surface area contributed by atoms with Crippen LogP contribution in [0.25, 0.3) is 0 Å². The molecule has 34 heavy (non-hydrogen) atoms. The molecular weight excluding hydrogens is 451 g/mol. The molecule has 0 unspecified atom stereocenters. The minimum Gasteiger partial charge on any atom is -0.406 e. The molecule has 0 atom stereocenters. The van der Waals surface area contributed by atoms with Crippen molar-refractivity contribution in [3.05, 3.63) is 83.8 Å². The number of aromatic nitrogens is 2. The molecule has 0 spiro atoms. The highest BCUT2D eigenvalue weighted by molar-refractivity contribution is 5.97. The number of halogens is 3. The van der Waals surface area contributed by atoms with Crippen molar-refractivity contribution in [3.8, 4) is 5.75 Å². The Bertz CT molecular complexity index is 1160. The van der Waals surface area contributed by atoms with Crippen LogP contribution in [0.3, 0.4) is 0 Å². The Morgan fingerprint density at radius 1 is 1.03 bits per heavy atom. The Morgan fingerprint density at radius 2 is 1.82 bits per heavy atom. The average molecular weight is 471 g/mol. The van der Waals surface area contributed by atoms with E-state index in [-0.39, 0.29) is 30.8 Å². The maximum absolute atomic E-state index is 12.9. The normalized spacial score (nSPS) is 13.8. The summed E-state index contributed by atoms with van der Waals surface area (Å²) < 4.78 is 40.8. The van der Waals surface area contributed by atoms with Crippen molar-refractivity contribution in [3.63, 3.8) is 0 Å². The number of amides is 3. The van der Waals surface area contributed by atoms with Gasteiger partial charge in [0.2, 0.25) is 0 Å². The van der Waals surface area contributed by atoms with Crippen LogP contribution in [0, 0.1) is 0 Å². The zero-order valence-electron chi connectivity index (χ0n) is 17.8. The van der Waals surface area contributed by atoms with E-state index in [1.54, 1.807) is 35.4 Å². The SMILES string of the molecule is O=C(NCc1ccccn1)c1ccnc(N2CCN(Cc3ccc(OC(F)(F)F)cc3)C2=O)c1. The molecule has 176 valence electrons. The molecule has 1 aliphatic heterocycles. The highest BCUT2D eigenvalue weighted by Crippen LogP contribution is 2.24. The molecule has 0 saturated carbocycles. The molecule has 2 aromatic heterocycles. The van der Waals surface area contributed by atoms with Gasteiger partial charge in [0.15, 0.2) is 0 Å². The van der Waals surface area contributed by atoms with Gasteiger partial charge in [-0.1, -0.05) is 18.2 Å². The molecule has 3 aromatic rings. The summed E-state index contributed by atoms with van der Waals surface area (Å²) in [6, 6.07) is 13.6. The standard InChI is InChI=1S/C23H20F3N5O3/c24-23(25,26)34-19-6-4-16(5-7-19)15-30-11-12-31(22(30)33)20-13-17(8-10-28-20)21(32)29-14-18-3-1-2-9-27-18/h1-10,13H,11-12,14-15H2,(H,29,32). The zero-order chi connectivity index (χ0) is 24.1. The van der Waals surface area contributed by atoms with Gasteiger partial charge < -0.3 is 15.0 Å². The highest BCUT2D eigenvalue weighted by atomic mass is 19.4. The first kappa shape index (κ1) is 23.0. The second-order valence-electron chi connectivity index (χ2n) is 7.45. The lowest BCUT2D eigenvalue weighted by atomic mass is 10.2. The quantitative estimate of drug-likeness (QED) is 0.567. The first-order valence-corrected chi connectivity index (χ1v) is 10.3. The molecule has 3 amide bonds. The van der Waals surface area contributed by atoms with Crippen LogP contribution in [0.4, 0.5) is 23.8 Å². The van der Waals surface area contributed by atoms with Crippen molar-refractivity contribution < 1.29 is 27.5 Å². The third kappa shape index (κ3) is 5.80. The molecule has 1 aromatic carbocycles. The van der Waals surface area contributed by atoms with Crippen molar-refractivity contribution in [1.82, 2.24) is 20.2 Å². The van der Waals surface area contributed by atoms with Crippen LogP contribution < -0.4 is 15.0 Å². The molecule has 0 radical (unpaired) electrons. The summed E-state index contributed by atoms with van der Waals surface area (Å²) in [6.07, 6.45) is -1.66. The lowest BCUT2D eigenvalue weighted by Crippen LogP contribution is -2.32. The molecule has 0 bridgehead atoms. The number of nitrogens with one attached hydrogen (secondary N) is 1. The lowest BCUT2D eigenvalue weighted by Gasteiger charge is -2.18. The molecule has 3 heterocycles. The number of ether oxygens (including phenoxy) is 1. The summed E-state index contributed by atoms with van der Waals surface area (Å²) >= 11 is 0. The van der Waals surface area contributed by atoms with E-state index in [1.807, 2.05) is 6.07 Å². The summed E-state index contributed by atoms with van der Waals surface area (Å²) in [5, 5.41) is 2.78. The maximum atomic E-state index is 12.9. The van der Waals surface area contributed by atoms with Gasteiger partial charge in [-0.05, 0) is 42.0 Å². The fourth-order valence-electron chi connectivity index (χ4n) is 3.44. The second-order valence-corrected chi connectivity index (χ2v) is 7.45. The number of urea groups is 1. The predicted molar refractivity (Wildman–Crippen MR) is 116 cm³/mol. The molecule has 4 rings (SSSR count). The lowest BCUT2D eigenvalue weighted by molar-refractivity contribution is -0.274. The molecule has 0 aliphatic carbocycles. The van der Waals surface area contributed by atoms with Gasteiger partial charge in [0.25, 0.3) is 5.91 Å². The van der Waals surface area contributed by atoms with Crippen LogP contribution >= 0.6 is 0 Å². The van der Waals surface area contributed by atoms with E-state index in [2.05, 4.69) is 20.0 Å². The first-order chi connectivity index (χ1) is 16.3. The highest BCUT2D eigenvalue weighted by Gasteiger charge is 2.32. The minimum absolute atomic E-state index is 0.214. The van der Waals surface area contributed by atoms with Gasteiger partial charge in [0.05, 0.1) is 12.2 Å². The van der Waals surface area contributed by atoms with E-state index < -0.39 is 6.36 Å². The monoisotopic (exact) mass is 471 g/mol. The van der Waals surface area contributed by atoms with Crippen molar-refractivity contribution in [2.75, 3.05) is 18.0 Å². The third-order valence-corrected chi connectivity index (χ3v) is 5.07. The largest absolute Gasteiger partial charge is 0.573 e. The van der Waals surface area contributed by atoms with Crippen molar-refractivity contribution in [2.24, 2.45) is 0 Å². The molecule has 11 heteroatoms. The van der Waals surface area contributed by atoms with Gasteiger partial charge >= 0.3 is 12.4 Å². The summed E-state index contributed by atoms with van der Waals surface area (Å²) in [4.78, 5) is 36.8. The van der Waals surface area contributed by atoms with Crippen LogP contribution in [0.5, 0.6) is 5.75 Å². The van der Waals surface area contributed by atoms with Gasteiger partial charge in [-0.3, -0.25) is 14.7 Å². The van der Waals surface area contributed by atoms with Gasteiger partial charge in [-0.2, -0.15) is 0 Å². The summed E-state index contributed by atoms with van der Waals surface area (Å²) in [5.74, 6) is -0.307. The Morgan fingerprint density at radius 3 is 2.53 bits per heavy atom. The van der Waals surface area contributed by atoms with Crippen molar-refractivity contribution >= 4 is 17.8 Å². The number of pyridine rings is 2. The molecule has 1 aliphatic rings. The number of hydrogen-bond donors (Lipinski definition) is 1. The second kappa shape index (κ2) is 9.77. The van der Waals surface area contributed by atoms with Crippen LogP contribution in [0.15, 0.2) is 67.0 Å². The van der Waals surface area contributed by atoms with E-state index in [1.165, 1.54) is 35.4 Å². The number of hydrogen-bond acceptors (Lipinski definition) is 5. The van der Waals surface area contributed by atoms with Crippen LogP contribution in [0.2, 0.25) is 0 Å². The third-order valence-electron chi connectivity index (χ3n) is 5.07. The number of carbonyl (C=O) groups excluding carboxylic acids is 2. The van der Waals surface area contributed by atoms with E-state index in [9.17, 15) is 22.8 Å². The van der Waals surface area contributed by atoms with Gasteiger partial charge in [0, 0.05) is 37.6 Å². The smallest absolute Gasteiger partial charge is 0.406 e. The van der Waals surface area contributed by atoms with E-state index in [4.69, 9.17) is 0 Å². The van der Waals surface area contributed by atoms with E-state index in [0.717, 1.165) is 0 Å². The molecular formula is C23H20F3N5O3. The summed E-state index contributed by atoms with van der Waals surface area (Å²) in [5.41, 5.74) is 1.72. The van der Waals surface area contributed by atoms with Crippen LogP contribution in [0.1, 0.15) is 21.6 Å². The number of anilines is 1. The molecule has 8 nitrogen and oxygen atoms in total. The fraction of sp³-hybridized carbons (Fsp3) is 0.217. The van der Waals surface area contributed by atoms with Crippen LogP contribution in [-0.4, -0.2) is 46.3 Å². The maximum Gasteiger partial charge on any atom is 0.573 e. The van der Waals surface area contributed by atoms with Crippen molar-refractivity contribution in [1.29, 1.82) is 0 Å². The van der Waals surface area contributed by atoms with Gasteiger partial charge in [0.1, 0.15) is 11.6 Å². The number of rotatable bonds is 7. The Kier molecular flexibility index (Phi) is 6.62. The predicted octanol–water partition coefficient (Wildman–Crippen LogP) is 3.75. The average Bonchev–Trinajstić information content (AvgIpc) is 3.18. The molecule has 1 fully saturated rings. The zero-order valence-corrected chi connectivity index (χ0v) is 17.8. The Hall–Kier alpha value is -4.15. The number of nitrogens with zero attached hydrogens (tertiary/aromatic N) is 4. The number of carbonyl (C=O) groups is 2. The number of benzene rings is 1. The van der Waals surface area contributed by atoms with E-state index >= 15 is 0 Å². The number of alkyl halides is 3. The van der Waals surface area contributed by atoms with Gasteiger partial charge in [-0.15, -0.1) is 13.2 Å². The van der Waals surface area contributed by atoms with Gasteiger partial charge in [-0.25, -0.2) is 9.78 Å². The van der Waals surface area contributed by atoms with Crippen molar-refractivity contribution in [2.45, 2.75) is 19.5 Å². The summed E-state index contributed by atoms with van der Waals surface area (Å²) in [7, 11) is 0. The minimum atomic E-state index is -4.76. The Labute approximate surface area is 193 Å². The summed E-state index contributed by atoms with van der Waals surface area (Å²) in [6.45, 7) is 1.24. The topological polar surface area (TPSA) is 87.7 Å². The molecule has 1 saturated heterocycles. The van der Waals surface area contributed by atoms with E-state index in [0.29, 0.717) is 35.7 Å². The first-order valence-electron chi connectivity index (χ1n) is 10.3. The fourth-order valence-corrected chi connectivity index (χ4v) is 3.44. The van der Waals surface area contributed by atoms with Crippen LogP contribution in [-0.2, 0) is 13.1 Å².